The molecule has 0 aliphatic rings. The van der Waals surface area contributed by atoms with E-state index < -0.39 is 5.82 Å². The summed E-state index contributed by atoms with van der Waals surface area (Å²) in [6, 6.07) is 11.3. The minimum Gasteiger partial charge on any atom is -0.394 e. The maximum Gasteiger partial charge on any atom is 0.255 e. The molecule has 3 N–H and O–H groups in total. The van der Waals surface area contributed by atoms with Crippen molar-refractivity contribution in [1.29, 1.82) is 0 Å². The molecule has 0 aliphatic carbocycles. The third-order valence-corrected chi connectivity index (χ3v) is 3.56. The lowest BCUT2D eigenvalue weighted by Crippen LogP contribution is -2.36. The Morgan fingerprint density at radius 3 is 2.08 bits per heavy atom. The highest BCUT2D eigenvalue weighted by Crippen LogP contribution is 2.12. The number of hydrogen-bond donors (Lipinski definition) is 3. The second-order valence-electron chi connectivity index (χ2n) is 5.30. The molecule has 1 unspecified atom stereocenters. The van der Waals surface area contributed by atoms with Gasteiger partial charge in [-0.2, -0.15) is 0 Å². The minimum absolute atomic E-state index is 0.117. The SMILES string of the molecule is CCC(CO)NC(=O)c1ccc(NC(=O)c2ccc(F)cc2)cc1. The third-order valence-electron chi connectivity index (χ3n) is 3.56. The van der Waals surface area contributed by atoms with Crippen molar-refractivity contribution < 1.29 is 19.1 Å². The number of aliphatic hydroxyl groups is 1. The van der Waals surface area contributed by atoms with Crippen LogP contribution >= 0.6 is 0 Å². The molecular formula is C18H19FN2O3. The quantitative estimate of drug-likeness (QED) is 0.762. The summed E-state index contributed by atoms with van der Waals surface area (Å²) in [6.07, 6.45) is 0.633. The van der Waals surface area contributed by atoms with Crippen molar-refractivity contribution in [2.75, 3.05) is 11.9 Å². The Bertz CT molecular complexity index is 695. The van der Waals surface area contributed by atoms with E-state index in [0.717, 1.165) is 0 Å². The summed E-state index contributed by atoms with van der Waals surface area (Å²) in [4.78, 5) is 24.0. The Balaban J connectivity index is 2.00. The molecule has 0 radical (unpaired) electrons. The summed E-state index contributed by atoms with van der Waals surface area (Å²) in [7, 11) is 0. The molecule has 0 fully saturated rings. The van der Waals surface area contributed by atoms with E-state index in [1.807, 2.05) is 6.92 Å². The summed E-state index contributed by atoms with van der Waals surface area (Å²) in [5.74, 6) is -1.05. The first kappa shape index (κ1) is 17.6. The Hall–Kier alpha value is -2.73. The number of halogens is 1. The van der Waals surface area contributed by atoms with Crippen molar-refractivity contribution in [1.82, 2.24) is 5.32 Å². The first-order valence-electron chi connectivity index (χ1n) is 7.62. The van der Waals surface area contributed by atoms with Crippen LogP contribution in [0.4, 0.5) is 10.1 Å². The normalized spacial score (nSPS) is 11.6. The van der Waals surface area contributed by atoms with E-state index in [9.17, 15) is 14.0 Å². The van der Waals surface area contributed by atoms with E-state index in [-0.39, 0.29) is 24.5 Å². The largest absolute Gasteiger partial charge is 0.394 e. The van der Waals surface area contributed by atoms with Gasteiger partial charge in [0.15, 0.2) is 0 Å². The van der Waals surface area contributed by atoms with Gasteiger partial charge in [-0.3, -0.25) is 9.59 Å². The van der Waals surface area contributed by atoms with Crippen LogP contribution in [0, 0.1) is 5.82 Å². The van der Waals surface area contributed by atoms with Gasteiger partial charge in [0.1, 0.15) is 5.82 Å². The molecule has 5 nitrogen and oxygen atoms in total. The van der Waals surface area contributed by atoms with Crippen molar-refractivity contribution in [3.63, 3.8) is 0 Å². The number of aliphatic hydroxyl groups excluding tert-OH is 1. The monoisotopic (exact) mass is 330 g/mol. The molecule has 2 aromatic rings. The summed E-state index contributed by atoms with van der Waals surface area (Å²) < 4.78 is 12.9. The second kappa shape index (κ2) is 8.21. The van der Waals surface area contributed by atoms with Crippen LogP contribution in [-0.4, -0.2) is 29.6 Å². The summed E-state index contributed by atoms with van der Waals surface area (Å²) in [6.45, 7) is 1.75. The molecule has 6 heteroatoms. The average Bonchev–Trinajstić information content (AvgIpc) is 2.60. The molecule has 0 aliphatic heterocycles. The van der Waals surface area contributed by atoms with E-state index >= 15 is 0 Å². The van der Waals surface area contributed by atoms with Crippen LogP contribution in [0.3, 0.4) is 0 Å². The van der Waals surface area contributed by atoms with Crippen LogP contribution in [0.25, 0.3) is 0 Å². The Morgan fingerprint density at radius 1 is 1.00 bits per heavy atom. The van der Waals surface area contributed by atoms with E-state index in [2.05, 4.69) is 10.6 Å². The predicted molar refractivity (Wildman–Crippen MR) is 89.4 cm³/mol. The number of hydrogen-bond acceptors (Lipinski definition) is 3. The number of anilines is 1. The topological polar surface area (TPSA) is 78.4 Å². The Labute approximate surface area is 139 Å². The molecule has 2 rings (SSSR count). The lowest BCUT2D eigenvalue weighted by molar-refractivity contribution is 0.0914. The lowest BCUT2D eigenvalue weighted by atomic mass is 10.1. The first-order chi connectivity index (χ1) is 11.5. The fourth-order valence-corrected chi connectivity index (χ4v) is 2.05. The number of carbonyl (C=O) groups excluding carboxylic acids is 2. The van der Waals surface area contributed by atoms with Crippen molar-refractivity contribution in [3.05, 3.63) is 65.5 Å². The summed E-state index contributed by atoms with van der Waals surface area (Å²) in [5, 5.41) is 14.5. The van der Waals surface area contributed by atoms with Gasteiger partial charge in [0.25, 0.3) is 11.8 Å². The zero-order valence-electron chi connectivity index (χ0n) is 13.3. The maximum absolute atomic E-state index is 12.9. The fourth-order valence-electron chi connectivity index (χ4n) is 2.05. The van der Waals surface area contributed by atoms with Crippen LogP contribution in [0.1, 0.15) is 34.1 Å². The highest BCUT2D eigenvalue weighted by atomic mass is 19.1. The predicted octanol–water partition coefficient (Wildman–Crippen LogP) is 2.58. The molecular weight excluding hydrogens is 311 g/mol. The van der Waals surface area contributed by atoms with Crippen LogP contribution in [0.15, 0.2) is 48.5 Å². The standard InChI is InChI=1S/C18H19FN2O3/c1-2-15(11-22)20-17(23)13-5-9-16(10-6-13)21-18(24)12-3-7-14(19)8-4-12/h3-10,15,22H,2,11H2,1H3,(H,20,23)(H,21,24). The van der Waals surface area contributed by atoms with Gasteiger partial charge >= 0.3 is 0 Å². The minimum atomic E-state index is -0.407. The van der Waals surface area contributed by atoms with E-state index in [1.165, 1.54) is 24.3 Å². The highest BCUT2D eigenvalue weighted by Gasteiger charge is 2.12. The molecule has 1 atom stereocenters. The van der Waals surface area contributed by atoms with Gasteiger partial charge in [0.05, 0.1) is 12.6 Å². The molecule has 24 heavy (non-hydrogen) atoms. The van der Waals surface area contributed by atoms with Crippen LogP contribution < -0.4 is 10.6 Å². The maximum atomic E-state index is 12.9. The van der Waals surface area contributed by atoms with Crippen LogP contribution in [-0.2, 0) is 0 Å². The van der Waals surface area contributed by atoms with E-state index in [4.69, 9.17) is 5.11 Å². The molecule has 0 aromatic heterocycles. The van der Waals surface area contributed by atoms with Gasteiger partial charge in [-0.25, -0.2) is 4.39 Å². The number of amides is 2. The van der Waals surface area contributed by atoms with E-state index in [0.29, 0.717) is 23.2 Å². The van der Waals surface area contributed by atoms with Crippen molar-refractivity contribution >= 4 is 17.5 Å². The molecule has 0 saturated heterocycles. The van der Waals surface area contributed by atoms with Crippen molar-refractivity contribution in [2.45, 2.75) is 19.4 Å². The Kier molecular flexibility index (Phi) is 6.03. The lowest BCUT2D eigenvalue weighted by Gasteiger charge is -2.14. The highest BCUT2D eigenvalue weighted by molar-refractivity contribution is 6.04. The van der Waals surface area contributed by atoms with Gasteiger partial charge in [-0.05, 0) is 55.0 Å². The number of carbonyl (C=O) groups is 2. The zero-order chi connectivity index (χ0) is 17.5. The molecule has 0 heterocycles. The first-order valence-corrected chi connectivity index (χ1v) is 7.62. The Morgan fingerprint density at radius 2 is 1.54 bits per heavy atom. The smallest absolute Gasteiger partial charge is 0.255 e. The van der Waals surface area contributed by atoms with Gasteiger partial charge in [0, 0.05) is 16.8 Å². The molecule has 0 saturated carbocycles. The molecule has 0 bridgehead atoms. The van der Waals surface area contributed by atoms with Crippen molar-refractivity contribution in [3.8, 4) is 0 Å². The summed E-state index contributed by atoms with van der Waals surface area (Å²) >= 11 is 0. The number of nitrogens with one attached hydrogen (secondary N) is 2. The van der Waals surface area contributed by atoms with Crippen molar-refractivity contribution in [2.24, 2.45) is 0 Å². The van der Waals surface area contributed by atoms with Crippen LogP contribution in [0.2, 0.25) is 0 Å². The molecule has 0 spiro atoms. The average molecular weight is 330 g/mol. The van der Waals surface area contributed by atoms with E-state index in [1.54, 1.807) is 24.3 Å². The molecule has 2 aromatic carbocycles. The van der Waals surface area contributed by atoms with Gasteiger partial charge < -0.3 is 15.7 Å². The summed E-state index contributed by atoms with van der Waals surface area (Å²) in [5.41, 5.74) is 1.30. The third kappa shape index (κ3) is 4.63. The fraction of sp³-hybridized carbons (Fsp3) is 0.222. The molecule has 2 amide bonds. The van der Waals surface area contributed by atoms with Gasteiger partial charge in [-0.1, -0.05) is 6.92 Å². The van der Waals surface area contributed by atoms with Gasteiger partial charge in [-0.15, -0.1) is 0 Å². The molecule has 126 valence electrons. The van der Waals surface area contributed by atoms with Crippen LogP contribution in [0.5, 0.6) is 0 Å². The number of benzene rings is 2. The zero-order valence-corrected chi connectivity index (χ0v) is 13.3. The van der Waals surface area contributed by atoms with Gasteiger partial charge in [0.2, 0.25) is 0 Å². The number of rotatable bonds is 6. The second-order valence-corrected chi connectivity index (χ2v) is 5.30.